The molecule has 3 aliphatic carbocycles. The molecule has 0 aromatic rings. The lowest BCUT2D eigenvalue weighted by molar-refractivity contribution is -0.134. The van der Waals surface area contributed by atoms with Crippen LogP contribution in [-0.4, -0.2) is 12.5 Å². The number of carbonyl (C=O) groups is 1. The molecule has 2 nitrogen and oxygen atoms in total. The SMILES string of the molecule is CCNC(=O)C1CC2(C)C=CC1(C(C)C)CC2. The second kappa shape index (κ2) is 4.15. The highest BCUT2D eigenvalue weighted by Gasteiger charge is 2.53. The zero-order chi connectivity index (χ0) is 12.7. The van der Waals surface area contributed by atoms with Crippen LogP contribution in [-0.2, 0) is 4.79 Å². The summed E-state index contributed by atoms with van der Waals surface area (Å²) < 4.78 is 0. The van der Waals surface area contributed by atoms with Crippen molar-refractivity contribution in [1.82, 2.24) is 5.32 Å². The quantitative estimate of drug-likeness (QED) is 0.748. The molecular formula is C15H25NO. The van der Waals surface area contributed by atoms with Gasteiger partial charge in [0.1, 0.15) is 0 Å². The topological polar surface area (TPSA) is 29.1 Å². The Balaban J connectivity index is 2.32. The maximum Gasteiger partial charge on any atom is 0.224 e. The van der Waals surface area contributed by atoms with Crippen molar-refractivity contribution in [2.45, 2.75) is 47.0 Å². The van der Waals surface area contributed by atoms with Gasteiger partial charge in [0.15, 0.2) is 0 Å². The van der Waals surface area contributed by atoms with Crippen molar-refractivity contribution in [1.29, 1.82) is 0 Å². The molecule has 2 bridgehead atoms. The summed E-state index contributed by atoms with van der Waals surface area (Å²) in [5.41, 5.74) is 0.364. The van der Waals surface area contributed by atoms with Crippen molar-refractivity contribution in [3.8, 4) is 0 Å². The number of amides is 1. The molecule has 0 heterocycles. The molecule has 1 N–H and O–H groups in total. The van der Waals surface area contributed by atoms with Crippen LogP contribution in [0.2, 0.25) is 0 Å². The summed E-state index contributed by atoms with van der Waals surface area (Å²) in [7, 11) is 0. The highest BCUT2D eigenvalue weighted by atomic mass is 16.1. The zero-order valence-corrected chi connectivity index (χ0v) is 11.5. The number of hydrogen-bond donors (Lipinski definition) is 1. The van der Waals surface area contributed by atoms with Gasteiger partial charge in [-0.05, 0) is 37.5 Å². The molecule has 2 heteroatoms. The molecule has 3 rings (SSSR count). The second-order valence-corrected chi connectivity index (χ2v) is 6.41. The Morgan fingerprint density at radius 3 is 2.59 bits per heavy atom. The van der Waals surface area contributed by atoms with Gasteiger partial charge in [0.05, 0.1) is 0 Å². The van der Waals surface area contributed by atoms with Crippen LogP contribution in [0.4, 0.5) is 0 Å². The van der Waals surface area contributed by atoms with Crippen molar-refractivity contribution >= 4 is 5.91 Å². The van der Waals surface area contributed by atoms with Gasteiger partial charge in [-0.3, -0.25) is 4.79 Å². The first-order chi connectivity index (χ1) is 7.93. The third kappa shape index (κ3) is 1.92. The highest BCUT2D eigenvalue weighted by molar-refractivity contribution is 5.80. The summed E-state index contributed by atoms with van der Waals surface area (Å²) in [5, 5.41) is 3.02. The molecule has 1 fully saturated rings. The van der Waals surface area contributed by atoms with Crippen LogP contribution in [0.25, 0.3) is 0 Å². The van der Waals surface area contributed by atoms with Crippen LogP contribution in [0.1, 0.15) is 47.0 Å². The summed E-state index contributed by atoms with van der Waals surface area (Å²) in [6.07, 6.45) is 8.14. The van der Waals surface area contributed by atoms with Crippen LogP contribution in [0.3, 0.4) is 0 Å². The molecule has 0 radical (unpaired) electrons. The fourth-order valence-electron chi connectivity index (χ4n) is 3.66. The lowest BCUT2D eigenvalue weighted by Crippen LogP contribution is -2.52. The minimum atomic E-state index is 0.108. The molecule has 96 valence electrons. The molecular weight excluding hydrogens is 210 g/mol. The third-order valence-corrected chi connectivity index (χ3v) is 4.99. The Kier molecular flexibility index (Phi) is 3.09. The molecule has 0 aromatic heterocycles. The van der Waals surface area contributed by atoms with Gasteiger partial charge in [-0.15, -0.1) is 0 Å². The van der Waals surface area contributed by atoms with E-state index in [1.807, 2.05) is 6.92 Å². The van der Waals surface area contributed by atoms with E-state index < -0.39 is 0 Å². The lowest BCUT2D eigenvalue weighted by atomic mass is 9.50. The number of fused-ring (bicyclic) bond motifs is 2. The number of carbonyl (C=O) groups excluding carboxylic acids is 1. The van der Waals surface area contributed by atoms with E-state index in [2.05, 4.69) is 38.2 Å². The van der Waals surface area contributed by atoms with E-state index >= 15 is 0 Å². The van der Waals surface area contributed by atoms with Crippen molar-refractivity contribution in [3.63, 3.8) is 0 Å². The number of allylic oxidation sites excluding steroid dienone is 2. The predicted molar refractivity (Wildman–Crippen MR) is 70.5 cm³/mol. The van der Waals surface area contributed by atoms with Crippen LogP contribution < -0.4 is 5.32 Å². The Labute approximate surface area is 105 Å². The van der Waals surface area contributed by atoms with E-state index in [1.54, 1.807) is 0 Å². The Hall–Kier alpha value is -0.790. The van der Waals surface area contributed by atoms with Crippen LogP contribution >= 0.6 is 0 Å². The van der Waals surface area contributed by atoms with Gasteiger partial charge in [0.2, 0.25) is 5.91 Å². The molecule has 3 atom stereocenters. The summed E-state index contributed by atoms with van der Waals surface area (Å²) >= 11 is 0. The minimum Gasteiger partial charge on any atom is -0.356 e. The summed E-state index contributed by atoms with van der Waals surface area (Å²) in [4.78, 5) is 12.3. The van der Waals surface area contributed by atoms with E-state index in [0.717, 1.165) is 13.0 Å². The van der Waals surface area contributed by atoms with Crippen LogP contribution in [0, 0.1) is 22.7 Å². The number of hydrogen-bond acceptors (Lipinski definition) is 1. The highest BCUT2D eigenvalue weighted by Crippen LogP contribution is 2.58. The first-order valence-corrected chi connectivity index (χ1v) is 6.92. The molecule has 3 unspecified atom stereocenters. The Morgan fingerprint density at radius 2 is 2.12 bits per heavy atom. The zero-order valence-electron chi connectivity index (χ0n) is 11.5. The number of nitrogens with one attached hydrogen (secondary N) is 1. The van der Waals surface area contributed by atoms with Crippen LogP contribution in [0.15, 0.2) is 12.2 Å². The lowest BCUT2D eigenvalue weighted by Gasteiger charge is -2.54. The van der Waals surface area contributed by atoms with Crippen molar-refractivity contribution < 1.29 is 4.79 Å². The molecule has 3 aliphatic rings. The van der Waals surface area contributed by atoms with E-state index in [4.69, 9.17) is 0 Å². The monoisotopic (exact) mass is 235 g/mol. The number of rotatable bonds is 3. The average molecular weight is 235 g/mol. The fourth-order valence-corrected chi connectivity index (χ4v) is 3.66. The molecule has 0 aliphatic heterocycles. The predicted octanol–water partition coefficient (Wildman–Crippen LogP) is 3.14. The minimum absolute atomic E-state index is 0.108. The van der Waals surface area contributed by atoms with E-state index in [-0.39, 0.29) is 22.7 Å². The molecule has 17 heavy (non-hydrogen) atoms. The maximum absolute atomic E-state index is 12.3. The van der Waals surface area contributed by atoms with Gasteiger partial charge >= 0.3 is 0 Å². The fraction of sp³-hybridized carbons (Fsp3) is 0.800. The first-order valence-electron chi connectivity index (χ1n) is 6.92. The largest absolute Gasteiger partial charge is 0.356 e. The van der Waals surface area contributed by atoms with Crippen LogP contribution in [0.5, 0.6) is 0 Å². The second-order valence-electron chi connectivity index (χ2n) is 6.41. The standard InChI is InChI=1S/C15H25NO/c1-5-16-13(17)12-10-14(4)6-8-15(12,9-7-14)11(2)3/h6,8,11-12H,5,7,9-10H2,1-4H3,(H,16,17). The van der Waals surface area contributed by atoms with Gasteiger partial charge in [-0.1, -0.05) is 32.9 Å². The normalized spacial score (nSPS) is 39.7. The summed E-state index contributed by atoms with van der Waals surface area (Å²) in [5.74, 6) is 0.971. The average Bonchev–Trinajstić information content (AvgIpc) is 2.29. The van der Waals surface area contributed by atoms with Gasteiger partial charge in [-0.25, -0.2) is 0 Å². The third-order valence-electron chi connectivity index (χ3n) is 4.99. The first kappa shape index (κ1) is 12.7. The van der Waals surface area contributed by atoms with Gasteiger partial charge < -0.3 is 5.32 Å². The Bertz CT molecular complexity index is 347. The molecule has 0 spiro atoms. The summed E-state index contributed by atoms with van der Waals surface area (Å²) in [6.45, 7) is 9.54. The van der Waals surface area contributed by atoms with Crippen molar-refractivity contribution in [3.05, 3.63) is 12.2 Å². The smallest absolute Gasteiger partial charge is 0.224 e. The molecule has 0 saturated heterocycles. The van der Waals surface area contributed by atoms with Crippen molar-refractivity contribution in [2.75, 3.05) is 6.54 Å². The van der Waals surface area contributed by atoms with Gasteiger partial charge in [-0.2, -0.15) is 0 Å². The van der Waals surface area contributed by atoms with E-state index in [1.165, 1.54) is 12.8 Å². The van der Waals surface area contributed by atoms with Crippen molar-refractivity contribution in [2.24, 2.45) is 22.7 Å². The van der Waals surface area contributed by atoms with E-state index in [9.17, 15) is 4.79 Å². The van der Waals surface area contributed by atoms with Gasteiger partial charge in [0, 0.05) is 17.9 Å². The van der Waals surface area contributed by atoms with E-state index in [0.29, 0.717) is 5.92 Å². The Morgan fingerprint density at radius 1 is 1.41 bits per heavy atom. The molecule has 0 aromatic carbocycles. The van der Waals surface area contributed by atoms with Gasteiger partial charge in [0.25, 0.3) is 0 Å². The molecule has 1 saturated carbocycles. The maximum atomic E-state index is 12.3. The molecule has 1 amide bonds. The summed E-state index contributed by atoms with van der Waals surface area (Å²) in [6, 6.07) is 0.